The quantitative estimate of drug-likeness (QED) is 0.209. The summed E-state index contributed by atoms with van der Waals surface area (Å²) in [4.78, 5) is 64.4. The smallest absolute Gasteiger partial charge is 0.271 e. The van der Waals surface area contributed by atoms with Crippen molar-refractivity contribution < 1.29 is 29.0 Å². The van der Waals surface area contributed by atoms with Gasteiger partial charge in [-0.05, 0) is 49.3 Å². The lowest BCUT2D eigenvalue weighted by atomic mass is 10.0. The Labute approximate surface area is 299 Å². The molecule has 2 atom stereocenters. The SMILES string of the molecule is COc1cc(O)cc(C(=O)N2CCCNC(=O)c3csc(n3)[C@H](Cc3ccccc3)NC(=O)c3csc(n3)[C@H](CC(C)C)NC(=O)CCC2)c1. The molecular weight excluding hydrogens is 677 g/mol. The maximum Gasteiger partial charge on any atom is 0.271 e. The first kappa shape index (κ1) is 36.5. The highest BCUT2D eigenvalue weighted by Gasteiger charge is 2.26. The molecule has 264 valence electrons. The minimum atomic E-state index is -0.516. The van der Waals surface area contributed by atoms with Crippen LogP contribution in [0.3, 0.4) is 0 Å². The fourth-order valence-corrected chi connectivity index (χ4v) is 7.37. The predicted molar refractivity (Wildman–Crippen MR) is 192 cm³/mol. The van der Waals surface area contributed by atoms with E-state index in [0.717, 1.165) is 5.56 Å². The summed E-state index contributed by atoms with van der Waals surface area (Å²) in [5.41, 5.74) is 1.72. The number of benzene rings is 2. The van der Waals surface area contributed by atoms with Crippen molar-refractivity contribution in [1.82, 2.24) is 30.8 Å². The van der Waals surface area contributed by atoms with E-state index in [9.17, 15) is 24.3 Å². The Bertz CT molecular complexity index is 1790. The Hall–Kier alpha value is -4.82. The molecule has 50 heavy (non-hydrogen) atoms. The summed E-state index contributed by atoms with van der Waals surface area (Å²) in [6.07, 6.45) is 2.06. The number of nitrogens with one attached hydrogen (secondary N) is 3. The molecule has 0 saturated carbocycles. The number of aromatic nitrogens is 2. The van der Waals surface area contributed by atoms with Crippen LogP contribution in [0.4, 0.5) is 0 Å². The number of thiazole rings is 2. The standard InChI is InChI=1S/C36H42N6O6S2/c1-22(2)15-27-34-41-30(21-50-34)33(46)39-28(16-23-9-5-4-6-10-23)35-40-29(20-49-35)32(45)37-12-8-14-42(13-7-11-31(44)38-27)36(47)24-17-25(43)19-26(18-24)48-3/h4-6,9-10,17-22,27-28,43H,7-8,11-16H2,1-3H3,(H,37,45)(H,38,44)(H,39,46)/t27-,28-/m0/s1. The van der Waals surface area contributed by atoms with Crippen molar-refractivity contribution >= 4 is 46.3 Å². The molecule has 2 aromatic carbocycles. The number of nitrogens with zero attached hydrogens (tertiary/aromatic N) is 3. The summed E-state index contributed by atoms with van der Waals surface area (Å²) < 4.78 is 5.24. The zero-order chi connectivity index (χ0) is 35.6. The fraction of sp³-hybridized carbons (Fsp3) is 0.389. The largest absolute Gasteiger partial charge is 0.508 e. The second kappa shape index (κ2) is 17.2. The molecule has 0 aliphatic carbocycles. The average molecular weight is 719 g/mol. The first-order chi connectivity index (χ1) is 24.1. The number of phenolic OH excluding ortho intramolecular Hbond substituents is 1. The van der Waals surface area contributed by atoms with Gasteiger partial charge in [0.1, 0.15) is 32.9 Å². The number of carbonyl (C=O) groups excluding carboxylic acids is 4. The lowest BCUT2D eigenvalue weighted by Gasteiger charge is -2.24. The number of phenols is 1. The molecule has 0 unspecified atom stereocenters. The van der Waals surface area contributed by atoms with E-state index < -0.39 is 6.04 Å². The molecule has 4 N–H and O–H groups in total. The van der Waals surface area contributed by atoms with Gasteiger partial charge < -0.3 is 30.7 Å². The first-order valence-corrected chi connectivity index (χ1v) is 18.4. The second-order valence-electron chi connectivity index (χ2n) is 12.5. The van der Waals surface area contributed by atoms with Gasteiger partial charge in [0.05, 0.1) is 19.2 Å². The molecule has 0 radical (unpaired) electrons. The number of fused-ring (bicyclic) bond motifs is 4. The highest BCUT2D eigenvalue weighted by atomic mass is 32.1. The van der Waals surface area contributed by atoms with Gasteiger partial charge in [-0.1, -0.05) is 44.2 Å². The highest BCUT2D eigenvalue weighted by molar-refractivity contribution is 7.10. The fourth-order valence-electron chi connectivity index (χ4n) is 5.66. The number of hydrogen-bond donors (Lipinski definition) is 4. The van der Waals surface area contributed by atoms with Gasteiger partial charge in [0.2, 0.25) is 5.91 Å². The van der Waals surface area contributed by atoms with Crippen LogP contribution in [-0.2, 0) is 11.2 Å². The molecule has 0 fully saturated rings. The van der Waals surface area contributed by atoms with Gasteiger partial charge in [-0.25, -0.2) is 9.97 Å². The first-order valence-electron chi connectivity index (χ1n) is 16.6. The summed E-state index contributed by atoms with van der Waals surface area (Å²) in [6.45, 7) is 4.95. The number of methoxy groups -OCH3 is 1. The van der Waals surface area contributed by atoms with Crippen molar-refractivity contribution in [3.63, 3.8) is 0 Å². The number of rotatable bonds is 6. The molecule has 0 spiro atoms. The summed E-state index contributed by atoms with van der Waals surface area (Å²) in [6, 6.07) is 13.2. The van der Waals surface area contributed by atoms with Crippen molar-refractivity contribution in [2.24, 2.45) is 5.92 Å². The second-order valence-corrected chi connectivity index (χ2v) is 14.3. The van der Waals surface area contributed by atoms with Crippen LogP contribution in [-0.4, -0.2) is 70.3 Å². The third kappa shape index (κ3) is 9.88. The Kier molecular flexibility index (Phi) is 12.6. The number of aromatic hydroxyl groups is 1. The van der Waals surface area contributed by atoms with Crippen molar-refractivity contribution in [3.8, 4) is 11.5 Å². The van der Waals surface area contributed by atoms with E-state index in [-0.39, 0.29) is 77.8 Å². The van der Waals surface area contributed by atoms with Crippen LogP contribution >= 0.6 is 22.7 Å². The maximum absolute atomic E-state index is 13.6. The van der Waals surface area contributed by atoms with Gasteiger partial charge in [-0.3, -0.25) is 19.2 Å². The molecular formula is C36H42N6O6S2. The van der Waals surface area contributed by atoms with E-state index in [1.54, 1.807) is 21.7 Å². The minimum Gasteiger partial charge on any atom is -0.508 e. The zero-order valence-corrected chi connectivity index (χ0v) is 29.9. The van der Waals surface area contributed by atoms with Gasteiger partial charge in [0.25, 0.3) is 17.7 Å². The minimum absolute atomic E-state index is 0.102. The topological polar surface area (TPSA) is 163 Å². The van der Waals surface area contributed by atoms with Crippen LogP contribution in [0.5, 0.6) is 11.5 Å². The van der Waals surface area contributed by atoms with Gasteiger partial charge in [0, 0.05) is 48.4 Å². The molecule has 4 amide bonds. The normalized spacial score (nSPS) is 18.1. The molecule has 14 heteroatoms. The summed E-state index contributed by atoms with van der Waals surface area (Å²) in [5.74, 6) is -0.771. The van der Waals surface area contributed by atoms with E-state index in [1.807, 2.05) is 30.3 Å². The van der Waals surface area contributed by atoms with E-state index in [2.05, 4.69) is 39.8 Å². The van der Waals surface area contributed by atoms with Crippen LogP contribution in [0.1, 0.15) is 98.5 Å². The van der Waals surface area contributed by atoms with E-state index in [1.165, 1.54) is 41.9 Å². The molecule has 4 bridgehead atoms. The molecule has 5 rings (SSSR count). The molecule has 0 saturated heterocycles. The van der Waals surface area contributed by atoms with Crippen molar-refractivity contribution in [2.75, 3.05) is 26.7 Å². The van der Waals surface area contributed by atoms with Crippen LogP contribution in [0.15, 0.2) is 59.3 Å². The van der Waals surface area contributed by atoms with Crippen LogP contribution in [0.2, 0.25) is 0 Å². The summed E-state index contributed by atoms with van der Waals surface area (Å²) in [5, 5.41) is 23.8. The van der Waals surface area contributed by atoms with Crippen LogP contribution < -0.4 is 20.7 Å². The maximum atomic E-state index is 13.6. The van der Waals surface area contributed by atoms with Crippen molar-refractivity contribution in [3.05, 3.63) is 91.8 Å². The van der Waals surface area contributed by atoms with E-state index in [4.69, 9.17) is 4.74 Å². The molecule has 4 aromatic rings. The summed E-state index contributed by atoms with van der Waals surface area (Å²) >= 11 is 2.61. The van der Waals surface area contributed by atoms with E-state index in [0.29, 0.717) is 48.0 Å². The Morgan fingerprint density at radius 3 is 2.32 bits per heavy atom. The molecule has 1 aliphatic rings. The Morgan fingerprint density at radius 1 is 0.940 bits per heavy atom. The monoisotopic (exact) mass is 718 g/mol. The number of carbonyl (C=O) groups is 4. The van der Waals surface area contributed by atoms with Gasteiger partial charge in [-0.15, -0.1) is 22.7 Å². The molecule has 1 aliphatic heterocycles. The lowest BCUT2D eigenvalue weighted by Crippen LogP contribution is -2.36. The number of amides is 4. The Morgan fingerprint density at radius 2 is 1.62 bits per heavy atom. The van der Waals surface area contributed by atoms with Crippen molar-refractivity contribution in [1.29, 1.82) is 0 Å². The molecule has 12 nitrogen and oxygen atoms in total. The lowest BCUT2D eigenvalue weighted by molar-refractivity contribution is -0.122. The molecule has 3 heterocycles. The van der Waals surface area contributed by atoms with Crippen molar-refractivity contribution in [2.45, 2.75) is 58.0 Å². The van der Waals surface area contributed by atoms with Gasteiger partial charge in [0.15, 0.2) is 0 Å². The van der Waals surface area contributed by atoms with Gasteiger partial charge >= 0.3 is 0 Å². The zero-order valence-electron chi connectivity index (χ0n) is 28.3. The van der Waals surface area contributed by atoms with Crippen LogP contribution in [0.25, 0.3) is 0 Å². The van der Waals surface area contributed by atoms with Gasteiger partial charge in [-0.2, -0.15) is 0 Å². The summed E-state index contributed by atoms with van der Waals surface area (Å²) in [7, 11) is 1.45. The number of ether oxygens (including phenoxy) is 1. The Balaban J connectivity index is 1.42. The third-order valence-electron chi connectivity index (χ3n) is 8.12. The number of hydrogen-bond acceptors (Lipinski definition) is 10. The third-order valence-corrected chi connectivity index (χ3v) is 10.0. The van der Waals surface area contributed by atoms with Crippen LogP contribution in [0, 0.1) is 5.92 Å². The average Bonchev–Trinajstić information content (AvgIpc) is 3.79. The molecule has 2 aromatic heterocycles. The van der Waals surface area contributed by atoms with E-state index >= 15 is 0 Å². The highest BCUT2D eigenvalue weighted by Crippen LogP contribution is 2.27. The predicted octanol–water partition coefficient (Wildman–Crippen LogP) is 5.29.